The molecule has 0 aliphatic carbocycles. The number of fused-ring (bicyclic) bond motifs is 1. The Balaban J connectivity index is 2.25. The molecule has 1 aliphatic rings. The fourth-order valence-corrected chi connectivity index (χ4v) is 2.64. The van der Waals surface area contributed by atoms with Crippen LogP contribution >= 0.6 is 0 Å². The van der Waals surface area contributed by atoms with Crippen LogP contribution in [0.1, 0.15) is 54.8 Å². The topological polar surface area (TPSA) is 37.4 Å². The predicted octanol–water partition coefficient (Wildman–Crippen LogP) is 3.35. The van der Waals surface area contributed by atoms with E-state index in [4.69, 9.17) is 0 Å². The molecule has 3 nitrogen and oxygen atoms in total. The summed E-state index contributed by atoms with van der Waals surface area (Å²) < 4.78 is 0. The van der Waals surface area contributed by atoms with Gasteiger partial charge in [-0.3, -0.25) is 14.5 Å². The smallest absolute Gasteiger partial charge is 0.261 e. The zero-order chi connectivity index (χ0) is 14.2. The zero-order valence-corrected chi connectivity index (χ0v) is 12.1. The third kappa shape index (κ3) is 2.42. The highest BCUT2D eigenvalue weighted by molar-refractivity contribution is 6.21. The molecule has 0 radical (unpaired) electrons. The molecule has 0 saturated carbocycles. The monoisotopic (exact) mass is 259 g/mol. The van der Waals surface area contributed by atoms with E-state index in [2.05, 4.69) is 27.7 Å². The minimum Gasteiger partial charge on any atom is -0.274 e. The molecule has 1 atom stereocenters. The molecule has 1 aromatic rings. The zero-order valence-electron chi connectivity index (χ0n) is 12.1. The molecular weight excluding hydrogens is 238 g/mol. The van der Waals surface area contributed by atoms with Crippen molar-refractivity contribution in [1.82, 2.24) is 4.90 Å². The largest absolute Gasteiger partial charge is 0.274 e. The summed E-state index contributed by atoms with van der Waals surface area (Å²) in [6.45, 7) is 9.07. The molecule has 3 heteroatoms. The molecule has 0 bridgehead atoms. The van der Waals surface area contributed by atoms with Gasteiger partial charge in [0.05, 0.1) is 11.1 Å². The van der Waals surface area contributed by atoms with Crippen LogP contribution in [0.25, 0.3) is 0 Å². The quantitative estimate of drug-likeness (QED) is 0.781. The molecule has 0 saturated heterocycles. The highest BCUT2D eigenvalue weighted by Gasteiger charge is 2.38. The molecule has 1 aromatic carbocycles. The Morgan fingerprint density at radius 3 is 1.89 bits per heavy atom. The number of carbonyl (C=O) groups is 2. The van der Waals surface area contributed by atoms with Crippen LogP contribution < -0.4 is 0 Å². The summed E-state index contributed by atoms with van der Waals surface area (Å²) in [5.41, 5.74) is 1.16. The van der Waals surface area contributed by atoms with E-state index in [9.17, 15) is 9.59 Å². The van der Waals surface area contributed by atoms with Crippen LogP contribution in [0.4, 0.5) is 0 Å². The Morgan fingerprint density at radius 1 is 1.05 bits per heavy atom. The van der Waals surface area contributed by atoms with E-state index in [1.807, 2.05) is 0 Å². The maximum atomic E-state index is 12.3. The summed E-state index contributed by atoms with van der Waals surface area (Å²) in [5, 5.41) is 0. The molecule has 19 heavy (non-hydrogen) atoms. The predicted molar refractivity (Wildman–Crippen MR) is 75.0 cm³/mol. The second kappa shape index (κ2) is 4.80. The van der Waals surface area contributed by atoms with Crippen LogP contribution in [0.2, 0.25) is 0 Å². The highest BCUT2D eigenvalue weighted by Crippen LogP contribution is 2.32. The van der Waals surface area contributed by atoms with Crippen molar-refractivity contribution in [3.05, 3.63) is 35.4 Å². The number of nitrogens with zero attached hydrogens (tertiary/aromatic N) is 1. The molecule has 1 unspecified atom stereocenters. The maximum absolute atomic E-state index is 12.3. The molecule has 1 heterocycles. The number of imide groups is 1. The molecule has 0 spiro atoms. The fourth-order valence-electron chi connectivity index (χ4n) is 2.64. The maximum Gasteiger partial charge on any atom is 0.261 e. The van der Waals surface area contributed by atoms with Gasteiger partial charge in [-0.1, -0.05) is 46.2 Å². The molecule has 2 amide bonds. The van der Waals surface area contributed by atoms with Crippen LogP contribution in [0.3, 0.4) is 0 Å². The first-order valence-corrected chi connectivity index (χ1v) is 6.81. The van der Waals surface area contributed by atoms with Gasteiger partial charge in [0.15, 0.2) is 0 Å². The molecule has 0 fully saturated rings. The number of carbonyl (C=O) groups excluding carboxylic acids is 2. The van der Waals surface area contributed by atoms with E-state index < -0.39 is 0 Å². The van der Waals surface area contributed by atoms with Crippen molar-refractivity contribution in [3.8, 4) is 0 Å². The van der Waals surface area contributed by atoms with Crippen molar-refractivity contribution in [1.29, 1.82) is 0 Å². The summed E-state index contributed by atoms with van der Waals surface area (Å²) in [6, 6.07) is 7.06. The molecule has 2 rings (SSSR count). The van der Waals surface area contributed by atoms with Crippen molar-refractivity contribution in [2.75, 3.05) is 6.54 Å². The van der Waals surface area contributed by atoms with Crippen LogP contribution in [0, 0.1) is 11.3 Å². The summed E-state index contributed by atoms with van der Waals surface area (Å²) in [4.78, 5) is 26.0. The van der Waals surface area contributed by atoms with E-state index in [-0.39, 0.29) is 17.2 Å². The second-order valence-corrected chi connectivity index (χ2v) is 6.24. The Bertz CT molecular complexity index is 479. The van der Waals surface area contributed by atoms with Gasteiger partial charge in [-0.2, -0.15) is 0 Å². The van der Waals surface area contributed by atoms with Crippen molar-refractivity contribution < 1.29 is 9.59 Å². The Labute approximate surface area is 114 Å². The van der Waals surface area contributed by atoms with Crippen LogP contribution in [-0.2, 0) is 0 Å². The number of hydrogen-bond acceptors (Lipinski definition) is 2. The third-order valence-electron chi connectivity index (χ3n) is 4.00. The number of rotatable bonds is 3. The minimum atomic E-state index is -0.150. The second-order valence-electron chi connectivity index (χ2n) is 6.24. The molecule has 1 aliphatic heterocycles. The summed E-state index contributed by atoms with van der Waals surface area (Å²) in [7, 11) is 0. The van der Waals surface area contributed by atoms with Gasteiger partial charge >= 0.3 is 0 Å². The van der Waals surface area contributed by atoms with Crippen molar-refractivity contribution in [3.63, 3.8) is 0 Å². The van der Waals surface area contributed by atoms with E-state index in [0.717, 1.165) is 6.42 Å². The van der Waals surface area contributed by atoms with Crippen LogP contribution in [0.5, 0.6) is 0 Å². The normalized spacial score (nSPS) is 16.7. The lowest BCUT2D eigenvalue weighted by Gasteiger charge is -2.32. The van der Waals surface area contributed by atoms with E-state index in [1.165, 1.54) is 4.90 Å². The molecule has 0 aromatic heterocycles. The number of hydrogen-bond donors (Lipinski definition) is 0. The van der Waals surface area contributed by atoms with Gasteiger partial charge in [0.25, 0.3) is 11.8 Å². The molecule has 102 valence electrons. The number of benzene rings is 1. The van der Waals surface area contributed by atoms with Crippen molar-refractivity contribution in [2.24, 2.45) is 11.3 Å². The Morgan fingerprint density at radius 2 is 1.53 bits per heavy atom. The standard InChI is InChI=1S/C16H21NO2/c1-5-11(16(2,3)4)10-17-14(18)12-8-6-7-9-13(12)15(17)19/h6-9,11H,5,10H2,1-4H3. The fraction of sp³-hybridized carbons (Fsp3) is 0.500. The Hall–Kier alpha value is -1.64. The first-order chi connectivity index (χ1) is 8.86. The van der Waals surface area contributed by atoms with E-state index in [1.54, 1.807) is 24.3 Å². The highest BCUT2D eigenvalue weighted by atomic mass is 16.2. The van der Waals surface area contributed by atoms with Gasteiger partial charge in [0, 0.05) is 6.54 Å². The lowest BCUT2D eigenvalue weighted by molar-refractivity contribution is 0.0581. The van der Waals surface area contributed by atoms with Gasteiger partial charge in [-0.15, -0.1) is 0 Å². The molecule has 0 N–H and O–H groups in total. The first-order valence-electron chi connectivity index (χ1n) is 6.81. The summed E-state index contributed by atoms with van der Waals surface area (Å²) in [6.07, 6.45) is 0.955. The van der Waals surface area contributed by atoms with Gasteiger partial charge < -0.3 is 0 Å². The third-order valence-corrected chi connectivity index (χ3v) is 4.00. The Kier molecular flexibility index (Phi) is 3.48. The van der Waals surface area contributed by atoms with Crippen LogP contribution in [0.15, 0.2) is 24.3 Å². The van der Waals surface area contributed by atoms with Gasteiger partial charge in [0.2, 0.25) is 0 Å². The summed E-state index contributed by atoms with van der Waals surface area (Å²) in [5.74, 6) is 0.0151. The lowest BCUT2D eigenvalue weighted by Crippen LogP contribution is -2.38. The van der Waals surface area contributed by atoms with E-state index in [0.29, 0.717) is 23.6 Å². The minimum absolute atomic E-state index is 0.0874. The summed E-state index contributed by atoms with van der Waals surface area (Å²) >= 11 is 0. The SMILES string of the molecule is CCC(CN1C(=O)c2ccccc2C1=O)C(C)(C)C. The van der Waals surface area contributed by atoms with Crippen molar-refractivity contribution >= 4 is 11.8 Å². The first kappa shape index (κ1) is 13.8. The van der Waals surface area contributed by atoms with E-state index >= 15 is 0 Å². The van der Waals surface area contributed by atoms with Gasteiger partial charge in [-0.25, -0.2) is 0 Å². The average molecular weight is 259 g/mol. The number of amides is 2. The van der Waals surface area contributed by atoms with Crippen molar-refractivity contribution in [2.45, 2.75) is 34.1 Å². The van der Waals surface area contributed by atoms with Gasteiger partial charge in [-0.05, 0) is 23.5 Å². The van der Waals surface area contributed by atoms with Crippen LogP contribution in [-0.4, -0.2) is 23.3 Å². The molecular formula is C16H21NO2. The van der Waals surface area contributed by atoms with Gasteiger partial charge in [0.1, 0.15) is 0 Å². The average Bonchev–Trinajstić information content (AvgIpc) is 2.59. The lowest BCUT2D eigenvalue weighted by atomic mass is 9.79.